The second-order valence-electron chi connectivity index (χ2n) is 14.2. The fraction of sp³-hybridized carbons (Fsp3) is 0.0612. The number of fused-ring (bicyclic) bond motifs is 7. The van der Waals surface area contributed by atoms with Gasteiger partial charge in [-0.15, -0.1) is 0 Å². The largest absolute Gasteiger partial charge is 0.245 e. The van der Waals surface area contributed by atoms with Gasteiger partial charge in [0.15, 0.2) is 0 Å². The molecule has 0 amide bonds. The van der Waals surface area contributed by atoms with Gasteiger partial charge in [0, 0.05) is 27.3 Å². The maximum atomic E-state index is 5.31. The highest BCUT2D eigenvalue weighted by Gasteiger charge is 2.35. The van der Waals surface area contributed by atoms with Crippen molar-refractivity contribution in [3.05, 3.63) is 181 Å². The Morgan fingerprint density at radius 3 is 1.71 bits per heavy atom. The van der Waals surface area contributed by atoms with Gasteiger partial charge in [-0.1, -0.05) is 159 Å². The first-order valence-electron chi connectivity index (χ1n) is 17.7. The topological polar surface area (TPSA) is 25.8 Å². The maximum Gasteiger partial charge on any atom is 0.0972 e. The molecule has 2 heterocycles. The van der Waals surface area contributed by atoms with Gasteiger partial charge in [0.05, 0.1) is 22.4 Å². The van der Waals surface area contributed by atoms with Crippen molar-refractivity contribution in [2.45, 2.75) is 19.3 Å². The monoisotopic (exact) mass is 650 g/mol. The zero-order chi connectivity index (χ0) is 34.1. The lowest BCUT2D eigenvalue weighted by Crippen LogP contribution is -2.14. The van der Waals surface area contributed by atoms with E-state index in [0.717, 1.165) is 44.3 Å². The molecule has 0 saturated carbocycles. The fourth-order valence-electron chi connectivity index (χ4n) is 8.21. The van der Waals surface area contributed by atoms with Gasteiger partial charge in [-0.05, 0) is 79.5 Å². The summed E-state index contributed by atoms with van der Waals surface area (Å²) in [6.45, 7) is 4.69. The van der Waals surface area contributed by atoms with Crippen molar-refractivity contribution >= 4 is 32.6 Å². The minimum atomic E-state index is -0.0328. The van der Waals surface area contributed by atoms with Crippen LogP contribution in [0.2, 0.25) is 0 Å². The Morgan fingerprint density at radius 1 is 0.353 bits per heavy atom. The lowest BCUT2D eigenvalue weighted by Gasteiger charge is -2.22. The molecule has 1 aliphatic carbocycles. The van der Waals surface area contributed by atoms with Gasteiger partial charge in [0.25, 0.3) is 0 Å². The van der Waals surface area contributed by atoms with E-state index in [-0.39, 0.29) is 5.41 Å². The van der Waals surface area contributed by atoms with Gasteiger partial charge in [0.2, 0.25) is 0 Å². The second-order valence-corrected chi connectivity index (χ2v) is 14.2. The molecule has 0 unspecified atom stereocenters. The number of hydrogen-bond acceptors (Lipinski definition) is 2. The molecule has 0 aliphatic heterocycles. The van der Waals surface area contributed by atoms with Crippen LogP contribution in [-0.4, -0.2) is 9.97 Å². The van der Waals surface area contributed by atoms with E-state index in [9.17, 15) is 0 Å². The maximum absolute atomic E-state index is 5.31. The van der Waals surface area contributed by atoms with E-state index in [2.05, 4.69) is 178 Å². The molecule has 0 spiro atoms. The van der Waals surface area contributed by atoms with E-state index in [1.807, 2.05) is 6.07 Å². The summed E-state index contributed by atoms with van der Waals surface area (Å²) in [5.74, 6) is 0. The lowest BCUT2D eigenvalue weighted by molar-refractivity contribution is 0.660. The van der Waals surface area contributed by atoms with Crippen molar-refractivity contribution in [1.82, 2.24) is 9.97 Å². The number of pyridine rings is 2. The van der Waals surface area contributed by atoms with E-state index in [4.69, 9.17) is 9.97 Å². The first-order chi connectivity index (χ1) is 25.0. The predicted octanol–water partition coefficient (Wildman–Crippen LogP) is 12.9. The predicted molar refractivity (Wildman–Crippen MR) is 214 cm³/mol. The normalized spacial score (nSPS) is 13.1. The molecule has 9 aromatic rings. The third-order valence-electron chi connectivity index (χ3n) is 10.9. The molecule has 0 atom stereocenters. The van der Waals surface area contributed by atoms with Crippen molar-refractivity contribution in [2.24, 2.45) is 0 Å². The SMILES string of the molecule is CC1(C)c2ccccc2-c2ccc(-c3cccc(-c4ccc(-c5ccc6ccc7ccc(-c8ccccc8)nc7c6n5)c5ccccc45)c3)cc21. The third kappa shape index (κ3) is 4.71. The van der Waals surface area contributed by atoms with Crippen LogP contribution in [0.25, 0.3) is 88.5 Å². The van der Waals surface area contributed by atoms with Crippen LogP contribution in [0.3, 0.4) is 0 Å². The molecule has 0 radical (unpaired) electrons. The van der Waals surface area contributed by atoms with E-state index in [1.54, 1.807) is 0 Å². The highest BCUT2D eigenvalue weighted by molar-refractivity contribution is 6.07. The summed E-state index contributed by atoms with van der Waals surface area (Å²) >= 11 is 0. The highest BCUT2D eigenvalue weighted by Crippen LogP contribution is 2.49. The number of rotatable bonds is 4. The summed E-state index contributed by atoms with van der Waals surface area (Å²) in [6.07, 6.45) is 0. The van der Waals surface area contributed by atoms with E-state index in [1.165, 1.54) is 55.3 Å². The molecule has 7 aromatic carbocycles. The molecule has 0 bridgehead atoms. The lowest BCUT2D eigenvalue weighted by atomic mass is 9.81. The summed E-state index contributed by atoms with van der Waals surface area (Å²) in [4.78, 5) is 10.4. The van der Waals surface area contributed by atoms with Crippen LogP contribution in [0.1, 0.15) is 25.0 Å². The zero-order valence-corrected chi connectivity index (χ0v) is 28.6. The molecule has 10 rings (SSSR count). The smallest absolute Gasteiger partial charge is 0.0972 e. The average molecular weight is 651 g/mol. The summed E-state index contributed by atoms with van der Waals surface area (Å²) in [7, 11) is 0. The number of hydrogen-bond donors (Lipinski definition) is 0. The van der Waals surface area contributed by atoms with Crippen molar-refractivity contribution in [3.8, 4) is 55.9 Å². The van der Waals surface area contributed by atoms with Crippen molar-refractivity contribution in [1.29, 1.82) is 0 Å². The molecular formula is C49H34N2. The number of benzene rings is 7. The molecule has 0 N–H and O–H groups in total. The van der Waals surface area contributed by atoms with Crippen LogP contribution >= 0.6 is 0 Å². The molecule has 240 valence electrons. The van der Waals surface area contributed by atoms with Crippen molar-refractivity contribution < 1.29 is 0 Å². The number of aromatic nitrogens is 2. The van der Waals surface area contributed by atoms with Gasteiger partial charge in [-0.2, -0.15) is 0 Å². The van der Waals surface area contributed by atoms with E-state index in [0.29, 0.717) is 0 Å². The van der Waals surface area contributed by atoms with Gasteiger partial charge < -0.3 is 0 Å². The molecule has 2 aromatic heterocycles. The van der Waals surface area contributed by atoms with E-state index >= 15 is 0 Å². The summed E-state index contributed by atoms with van der Waals surface area (Å²) in [5, 5.41) is 4.56. The summed E-state index contributed by atoms with van der Waals surface area (Å²) in [6, 6.07) is 61.3. The second kappa shape index (κ2) is 11.3. The van der Waals surface area contributed by atoms with Crippen molar-refractivity contribution in [2.75, 3.05) is 0 Å². The minimum Gasteiger partial charge on any atom is -0.245 e. The Hall–Kier alpha value is -6.38. The number of nitrogens with zero attached hydrogens (tertiary/aromatic N) is 2. The van der Waals surface area contributed by atoms with Gasteiger partial charge in [-0.3, -0.25) is 0 Å². The quantitative estimate of drug-likeness (QED) is 0.177. The molecule has 0 saturated heterocycles. The van der Waals surface area contributed by atoms with E-state index < -0.39 is 0 Å². The van der Waals surface area contributed by atoms with Crippen LogP contribution in [0, 0.1) is 0 Å². The molecule has 51 heavy (non-hydrogen) atoms. The molecule has 2 heteroatoms. The van der Waals surface area contributed by atoms with Gasteiger partial charge in [0.1, 0.15) is 0 Å². The first kappa shape index (κ1) is 29.5. The fourth-order valence-corrected chi connectivity index (χ4v) is 8.21. The Morgan fingerprint density at radius 2 is 0.902 bits per heavy atom. The molecular weight excluding hydrogens is 617 g/mol. The molecule has 1 aliphatic rings. The molecule has 0 fully saturated rings. The van der Waals surface area contributed by atoms with Crippen LogP contribution in [0.5, 0.6) is 0 Å². The van der Waals surface area contributed by atoms with Gasteiger partial charge >= 0.3 is 0 Å². The Kier molecular flexibility index (Phi) is 6.56. The minimum absolute atomic E-state index is 0.0328. The molecule has 2 nitrogen and oxygen atoms in total. The standard InChI is InChI=1S/C49H34N2/c1-49(2)43-18-9-8-17-40(43)41-24-21-35(30-44(41)49)34-13-10-14-36(29-34)37-25-26-42(39-16-7-6-15-38(37)39)46-28-23-33-20-19-32-22-27-45(31-11-4-3-5-12-31)50-47(32)48(33)51-46/h3-30H,1-2H3. The first-order valence-corrected chi connectivity index (χ1v) is 17.7. The average Bonchev–Trinajstić information content (AvgIpc) is 3.42. The van der Waals surface area contributed by atoms with Crippen molar-refractivity contribution in [3.63, 3.8) is 0 Å². The summed E-state index contributed by atoms with van der Waals surface area (Å²) in [5.41, 5.74) is 16.3. The Labute approximate surface area is 297 Å². The zero-order valence-electron chi connectivity index (χ0n) is 28.6. The third-order valence-corrected chi connectivity index (χ3v) is 10.9. The van der Waals surface area contributed by atoms with Crippen LogP contribution in [0.4, 0.5) is 0 Å². The highest BCUT2D eigenvalue weighted by atomic mass is 14.8. The van der Waals surface area contributed by atoms with Gasteiger partial charge in [-0.25, -0.2) is 9.97 Å². The Bertz CT molecular complexity index is 2830. The Balaban J connectivity index is 1.07. The van der Waals surface area contributed by atoms with Crippen LogP contribution in [0.15, 0.2) is 170 Å². The summed E-state index contributed by atoms with van der Waals surface area (Å²) < 4.78 is 0. The van der Waals surface area contributed by atoms with Crippen LogP contribution in [-0.2, 0) is 5.41 Å². The van der Waals surface area contributed by atoms with Crippen LogP contribution < -0.4 is 0 Å².